The van der Waals surface area contributed by atoms with Gasteiger partial charge in [-0.15, -0.1) is 0 Å². The molecule has 0 radical (unpaired) electrons. The van der Waals surface area contributed by atoms with Crippen LogP contribution in [-0.2, 0) is 23.0 Å². The summed E-state index contributed by atoms with van der Waals surface area (Å²) in [5.41, 5.74) is 1.78. The number of hydrogen-bond donors (Lipinski definition) is 1. The Bertz CT molecular complexity index is 748. The maximum atomic E-state index is 12.4. The fourth-order valence-corrected chi connectivity index (χ4v) is 4.62. The highest BCUT2D eigenvalue weighted by Gasteiger charge is 2.18. The van der Waals surface area contributed by atoms with E-state index < -0.39 is 10.0 Å². The van der Waals surface area contributed by atoms with Gasteiger partial charge in [-0.1, -0.05) is 28.9 Å². The molecule has 0 aliphatic heterocycles. The van der Waals surface area contributed by atoms with Gasteiger partial charge in [0.15, 0.2) is 0 Å². The van der Waals surface area contributed by atoms with Crippen molar-refractivity contribution in [2.75, 3.05) is 0 Å². The van der Waals surface area contributed by atoms with Gasteiger partial charge in [0.1, 0.15) is 0 Å². The van der Waals surface area contributed by atoms with Crippen molar-refractivity contribution < 1.29 is 8.42 Å². The molecule has 2 rings (SSSR count). The van der Waals surface area contributed by atoms with E-state index in [0.29, 0.717) is 4.47 Å². The fourth-order valence-electron chi connectivity index (χ4n) is 1.89. The Hall–Kier alpha value is -0.760. The molecule has 0 spiro atoms. The molecule has 0 aliphatic carbocycles. The lowest BCUT2D eigenvalue weighted by Crippen LogP contribution is -2.24. The molecule has 21 heavy (non-hydrogen) atoms. The summed E-state index contributed by atoms with van der Waals surface area (Å²) in [4.78, 5) is 4.44. The first-order valence-electron chi connectivity index (χ1n) is 6.31. The third-order valence-electron chi connectivity index (χ3n) is 2.98. The van der Waals surface area contributed by atoms with E-state index in [9.17, 15) is 8.42 Å². The van der Waals surface area contributed by atoms with E-state index >= 15 is 0 Å². The number of halogens is 2. The molecule has 0 fully saturated rings. The van der Waals surface area contributed by atoms with E-state index in [0.717, 1.165) is 22.2 Å². The van der Waals surface area contributed by atoms with Crippen LogP contribution in [0.2, 0.25) is 0 Å². The van der Waals surface area contributed by atoms with E-state index in [2.05, 4.69) is 41.6 Å². The molecule has 0 amide bonds. The second-order valence-electron chi connectivity index (χ2n) is 4.36. The van der Waals surface area contributed by atoms with Crippen LogP contribution in [0.3, 0.4) is 0 Å². The number of aryl methyl sites for hydroxylation is 1. The van der Waals surface area contributed by atoms with Gasteiger partial charge in [0.05, 0.1) is 17.1 Å². The Kier molecular flexibility index (Phi) is 5.54. The van der Waals surface area contributed by atoms with Crippen LogP contribution in [-0.4, -0.2) is 13.4 Å². The second kappa shape index (κ2) is 7.00. The molecular weight excluding hydrogens is 420 g/mol. The first-order chi connectivity index (χ1) is 9.94. The molecule has 1 heterocycles. The summed E-state index contributed by atoms with van der Waals surface area (Å²) in [6, 6.07) is 8.74. The van der Waals surface area contributed by atoms with E-state index in [-0.39, 0.29) is 11.4 Å². The van der Waals surface area contributed by atoms with Gasteiger partial charge in [-0.3, -0.25) is 4.98 Å². The SMILES string of the molecule is CCc1cccnc1CNS(=O)(=O)c1ccc(Br)cc1Br. The van der Waals surface area contributed by atoms with Crippen LogP contribution in [0.4, 0.5) is 0 Å². The first kappa shape index (κ1) is 16.6. The van der Waals surface area contributed by atoms with Gasteiger partial charge in [-0.2, -0.15) is 0 Å². The number of sulfonamides is 1. The molecule has 0 atom stereocenters. The van der Waals surface area contributed by atoms with Crippen molar-refractivity contribution in [3.05, 3.63) is 56.7 Å². The Morgan fingerprint density at radius 2 is 2.00 bits per heavy atom. The monoisotopic (exact) mass is 432 g/mol. The molecule has 112 valence electrons. The summed E-state index contributed by atoms with van der Waals surface area (Å²) in [5, 5.41) is 0. The number of benzene rings is 1. The average molecular weight is 434 g/mol. The van der Waals surface area contributed by atoms with Crippen molar-refractivity contribution in [3.63, 3.8) is 0 Å². The number of hydrogen-bond acceptors (Lipinski definition) is 3. The molecule has 0 saturated heterocycles. The van der Waals surface area contributed by atoms with Gasteiger partial charge in [-0.25, -0.2) is 13.1 Å². The quantitative estimate of drug-likeness (QED) is 0.782. The zero-order valence-electron chi connectivity index (χ0n) is 11.3. The molecule has 0 aliphatic rings. The molecule has 4 nitrogen and oxygen atoms in total. The van der Waals surface area contributed by atoms with Crippen LogP contribution in [0.25, 0.3) is 0 Å². The van der Waals surface area contributed by atoms with Crippen LogP contribution in [0.1, 0.15) is 18.2 Å². The molecule has 1 aromatic heterocycles. The van der Waals surface area contributed by atoms with Gasteiger partial charge in [-0.05, 0) is 52.2 Å². The van der Waals surface area contributed by atoms with Crippen molar-refractivity contribution in [1.29, 1.82) is 0 Å². The predicted octanol–water partition coefficient (Wildman–Crippen LogP) is 3.65. The minimum Gasteiger partial charge on any atom is -0.260 e. The topological polar surface area (TPSA) is 59.1 Å². The molecule has 2 aromatic rings. The molecule has 1 N–H and O–H groups in total. The zero-order chi connectivity index (χ0) is 15.5. The predicted molar refractivity (Wildman–Crippen MR) is 89.5 cm³/mol. The van der Waals surface area contributed by atoms with E-state index in [1.807, 2.05) is 19.1 Å². The summed E-state index contributed by atoms with van der Waals surface area (Å²) in [6.45, 7) is 2.19. The third-order valence-corrected chi connectivity index (χ3v) is 5.85. The van der Waals surface area contributed by atoms with E-state index in [1.54, 1.807) is 24.4 Å². The van der Waals surface area contributed by atoms with Gasteiger partial charge >= 0.3 is 0 Å². The maximum Gasteiger partial charge on any atom is 0.242 e. The highest BCUT2D eigenvalue weighted by atomic mass is 79.9. The van der Waals surface area contributed by atoms with Crippen molar-refractivity contribution >= 4 is 41.9 Å². The normalized spacial score (nSPS) is 11.6. The van der Waals surface area contributed by atoms with E-state index in [1.165, 1.54) is 0 Å². The number of aromatic nitrogens is 1. The Morgan fingerprint density at radius 3 is 2.67 bits per heavy atom. The molecule has 7 heteroatoms. The Labute approximate surface area is 141 Å². The number of pyridine rings is 1. The highest BCUT2D eigenvalue weighted by molar-refractivity contribution is 9.11. The summed E-state index contributed by atoms with van der Waals surface area (Å²) in [7, 11) is -3.59. The molecular formula is C14H14Br2N2O2S. The lowest BCUT2D eigenvalue weighted by atomic mass is 10.1. The highest BCUT2D eigenvalue weighted by Crippen LogP contribution is 2.25. The van der Waals surface area contributed by atoms with Crippen LogP contribution < -0.4 is 4.72 Å². The maximum absolute atomic E-state index is 12.4. The van der Waals surface area contributed by atoms with Gasteiger partial charge < -0.3 is 0 Å². The van der Waals surface area contributed by atoms with Gasteiger partial charge in [0.2, 0.25) is 10.0 Å². The average Bonchev–Trinajstić information content (AvgIpc) is 2.45. The number of nitrogens with one attached hydrogen (secondary N) is 1. The van der Waals surface area contributed by atoms with Crippen molar-refractivity contribution in [2.45, 2.75) is 24.8 Å². The number of nitrogens with zero attached hydrogens (tertiary/aromatic N) is 1. The van der Waals surface area contributed by atoms with Gasteiger partial charge in [0, 0.05) is 15.1 Å². The van der Waals surface area contributed by atoms with Crippen molar-refractivity contribution in [1.82, 2.24) is 9.71 Å². The largest absolute Gasteiger partial charge is 0.260 e. The Balaban J connectivity index is 2.22. The summed E-state index contributed by atoms with van der Waals surface area (Å²) in [5.74, 6) is 0. The minimum absolute atomic E-state index is 0.175. The molecule has 1 aromatic carbocycles. The van der Waals surface area contributed by atoms with Gasteiger partial charge in [0.25, 0.3) is 0 Å². The second-order valence-corrected chi connectivity index (χ2v) is 7.87. The van der Waals surface area contributed by atoms with Crippen molar-refractivity contribution in [3.8, 4) is 0 Å². The lowest BCUT2D eigenvalue weighted by molar-refractivity contribution is 0.579. The standard InChI is InChI=1S/C14H14Br2N2O2S/c1-2-10-4-3-7-17-13(10)9-18-21(19,20)14-6-5-11(15)8-12(14)16/h3-8,18H,2,9H2,1H3. The zero-order valence-corrected chi connectivity index (χ0v) is 15.3. The fraction of sp³-hybridized carbons (Fsp3) is 0.214. The van der Waals surface area contributed by atoms with Crippen molar-refractivity contribution in [2.24, 2.45) is 0 Å². The third kappa shape index (κ3) is 4.12. The Morgan fingerprint density at radius 1 is 1.24 bits per heavy atom. The summed E-state index contributed by atoms with van der Waals surface area (Å²) < 4.78 is 28.6. The molecule has 0 bridgehead atoms. The van der Waals surface area contributed by atoms with Crippen LogP contribution in [0.5, 0.6) is 0 Å². The van der Waals surface area contributed by atoms with Crippen LogP contribution >= 0.6 is 31.9 Å². The molecule has 0 saturated carbocycles. The first-order valence-corrected chi connectivity index (χ1v) is 9.38. The smallest absolute Gasteiger partial charge is 0.242 e. The van der Waals surface area contributed by atoms with E-state index in [4.69, 9.17) is 0 Å². The minimum atomic E-state index is -3.59. The van der Waals surface area contributed by atoms with Crippen LogP contribution in [0.15, 0.2) is 50.4 Å². The lowest BCUT2D eigenvalue weighted by Gasteiger charge is -2.10. The summed E-state index contributed by atoms with van der Waals surface area (Å²) >= 11 is 6.57. The summed E-state index contributed by atoms with van der Waals surface area (Å²) in [6.07, 6.45) is 2.48. The molecule has 0 unspecified atom stereocenters. The van der Waals surface area contributed by atoms with Crippen LogP contribution in [0, 0.1) is 0 Å². The number of rotatable bonds is 5.